The number of allylic oxidation sites excluding steroid dienone is 9. The van der Waals surface area contributed by atoms with Crippen molar-refractivity contribution < 1.29 is 38.2 Å². The summed E-state index contributed by atoms with van der Waals surface area (Å²) in [5, 5.41) is 11.6. The molecule has 0 N–H and O–H groups in total. The first-order valence-corrected chi connectivity index (χ1v) is 19.3. The van der Waals surface area contributed by atoms with Crippen LogP contribution in [0, 0.1) is 0 Å². The first-order chi connectivity index (χ1) is 24.1. The predicted molar refractivity (Wildman–Crippen MR) is 203 cm³/mol. The molecule has 0 aromatic carbocycles. The summed E-state index contributed by atoms with van der Waals surface area (Å²) in [6, 6.07) is -0.741. The number of rotatable bonds is 33. The summed E-state index contributed by atoms with van der Waals surface area (Å²) in [7, 11) is 5.36. The minimum Gasteiger partial charge on any atom is -0.544 e. The summed E-state index contributed by atoms with van der Waals surface area (Å²) < 4.78 is 17.0. The van der Waals surface area contributed by atoms with Gasteiger partial charge in [-0.25, -0.2) is 0 Å². The van der Waals surface area contributed by atoms with Crippen LogP contribution in [-0.2, 0) is 28.6 Å². The number of carboxylic acids is 1. The molecule has 50 heavy (non-hydrogen) atoms. The maximum Gasteiger partial charge on any atom is 0.310 e. The van der Waals surface area contributed by atoms with Crippen LogP contribution in [0.3, 0.4) is 0 Å². The number of nitrogens with zero attached hydrogens (tertiary/aromatic N) is 1. The molecular weight excluding hydrogens is 630 g/mol. The number of carbonyl (C=O) groups is 3. The molecule has 2 unspecified atom stereocenters. The summed E-state index contributed by atoms with van der Waals surface area (Å²) in [5.41, 5.74) is 0. The minimum atomic E-state index is -1.14. The van der Waals surface area contributed by atoms with E-state index in [0.29, 0.717) is 12.8 Å². The molecule has 0 saturated carbocycles. The van der Waals surface area contributed by atoms with Crippen LogP contribution in [0.5, 0.6) is 0 Å². The number of quaternary nitrogens is 1. The second-order valence-corrected chi connectivity index (χ2v) is 13.8. The second kappa shape index (κ2) is 33.2. The Bertz CT molecular complexity index is 1010. The molecule has 0 aliphatic heterocycles. The summed E-state index contributed by atoms with van der Waals surface area (Å²) in [6.45, 7) is 4.41. The molecule has 0 aromatic rings. The Morgan fingerprint density at radius 3 is 1.58 bits per heavy atom. The van der Waals surface area contributed by atoms with Crippen molar-refractivity contribution in [2.45, 2.75) is 148 Å². The fraction of sp³-hybridized carbons (Fsp3) is 0.690. The van der Waals surface area contributed by atoms with Crippen molar-refractivity contribution in [2.24, 2.45) is 0 Å². The van der Waals surface area contributed by atoms with Gasteiger partial charge in [-0.05, 0) is 38.5 Å². The van der Waals surface area contributed by atoms with Crippen LogP contribution in [-0.4, -0.2) is 75.5 Å². The van der Waals surface area contributed by atoms with Crippen LogP contribution in [0.25, 0.3) is 0 Å². The molecule has 0 saturated heterocycles. The molecule has 0 aromatic heterocycles. The highest BCUT2D eigenvalue weighted by atomic mass is 16.6. The van der Waals surface area contributed by atoms with Gasteiger partial charge in [-0.2, -0.15) is 0 Å². The zero-order valence-electron chi connectivity index (χ0n) is 32.3. The fourth-order valence-corrected chi connectivity index (χ4v) is 5.20. The van der Waals surface area contributed by atoms with Crippen molar-refractivity contribution in [3.63, 3.8) is 0 Å². The zero-order chi connectivity index (χ0) is 37.1. The van der Waals surface area contributed by atoms with Gasteiger partial charge in [0, 0.05) is 12.8 Å². The smallest absolute Gasteiger partial charge is 0.310 e. The largest absolute Gasteiger partial charge is 0.544 e. The predicted octanol–water partition coefficient (Wildman–Crippen LogP) is 8.52. The third kappa shape index (κ3) is 31.0. The summed E-state index contributed by atoms with van der Waals surface area (Å²) >= 11 is 0. The lowest BCUT2D eigenvalue weighted by Crippen LogP contribution is -2.55. The van der Waals surface area contributed by atoms with Crippen molar-refractivity contribution in [1.82, 2.24) is 0 Å². The van der Waals surface area contributed by atoms with E-state index in [4.69, 9.17) is 14.2 Å². The summed E-state index contributed by atoms with van der Waals surface area (Å²) in [4.78, 5) is 36.6. The van der Waals surface area contributed by atoms with E-state index in [2.05, 4.69) is 62.5 Å². The number of unbranched alkanes of at least 4 members (excludes halogenated alkanes) is 10. The number of carboxylic acid groups (broad SMARTS) is 1. The van der Waals surface area contributed by atoms with Gasteiger partial charge < -0.3 is 28.6 Å². The molecule has 0 aliphatic carbocycles. The standard InChI is InChI=1S/C42H71NO7/c1-6-8-10-12-14-16-18-19-20-21-23-25-27-29-31-33-41(45)50-38(36-48-35-34-39(42(46)47)43(3,4)5)37-49-40(44)32-30-28-26-24-22-17-15-13-11-9-7-2/h8,10,14,16,19-20,23,25,29,31,38-39H,6-7,9,11-13,15,17-18,21-22,24,26-28,30,32-37H2,1-5H3/b10-8-,16-14-,20-19-,25-23-,31-29-. The molecule has 0 heterocycles. The number of ether oxygens (including phenoxy) is 3. The Balaban J connectivity index is 4.58. The van der Waals surface area contributed by atoms with Crippen LogP contribution in [0.2, 0.25) is 0 Å². The molecular formula is C42H71NO7. The topological polar surface area (TPSA) is 102 Å². The van der Waals surface area contributed by atoms with Crippen molar-refractivity contribution in [1.29, 1.82) is 0 Å². The van der Waals surface area contributed by atoms with Crippen LogP contribution in [0.1, 0.15) is 136 Å². The Hall–Kier alpha value is -2.97. The maximum absolute atomic E-state index is 12.6. The highest BCUT2D eigenvalue weighted by Gasteiger charge is 2.25. The normalized spacial score (nSPS) is 13.7. The maximum atomic E-state index is 12.6. The van der Waals surface area contributed by atoms with Crippen molar-refractivity contribution in [3.05, 3.63) is 60.8 Å². The number of esters is 2. The SMILES string of the molecule is CC/C=C\C/C=C\C/C=C\C/C=C\C/C=C\CC(=O)OC(COCCC(C(=O)[O-])[N+](C)(C)C)COC(=O)CCCCCCCCCCCCC. The average Bonchev–Trinajstić information content (AvgIpc) is 3.06. The highest BCUT2D eigenvalue weighted by Crippen LogP contribution is 2.13. The molecule has 0 radical (unpaired) electrons. The van der Waals surface area contributed by atoms with Crippen molar-refractivity contribution in [2.75, 3.05) is 41.0 Å². The first-order valence-electron chi connectivity index (χ1n) is 19.3. The van der Waals surface area contributed by atoms with E-state index >= 15 is 0 Å². The molecule has 0 rings (SSSR count). The minimum absolute atomic E-state index is 0.0000411. The zero-order valence-corrected chi connectivity index (χ0v) is 32.3. The van der Waals surface area contributed by atoms with Gasteiger partial charge in [-0.1, -0.05) is 139 Å². The third-order valence-electron chi connectivity index (χ3n) is 8.20. The lowest BCUT2D eigenvalue weighted by atomic mass is 10.1. The second-order valence-electron chi connectivity index (χ2n) is 13.8. The van der Waals surface area contributed by atoms with Gasteiger partial charge in [0.2, 0.25) is 0 Å². The Labute approximate surface area is 305 Å². The lowest BCUT2D eigenvalue weighted by Gasteiger charge is -2.34. The summed E-state index contributed by atoms with van der Waals surface area (Å²) in [6.07, 6.45) is 38.4. The monoisotopic (exact) mass is 702 g/mol. The van der Waals surface area contributed by atoms with Gasteiger partial charge in [0.05, 0.1) is 46.7 Å². The van der Waals surface area contributed by atoms with E-state index in [1.165, 1.54) is 51.4 Å². The molecule has 0 aliphatic rings. The Kier molecular flexibility index (Phi) is 31.2. The van der Waals surface area contributed by atoms with Crippen LogP contribution < -0.4 is 5.11 Å². The quantitative estimate of drug-likeness (QED) is 0.0293. The van der Waals surface area contributed by atoms with Gasteiger partial charge in [-0.15, -0.1) is 0 Å². The number of hydrogen-bond donors (Lipinski definition) is 0. The van der Waals surface area contributed by atoms with E-state index in [0.717, 1.165) is 44.9 Å². The number of aliphatic carboxylic acids is 1. The molecule has 0 amide bonds. The molecule has 286 valence electrons. The van der Waals surface area contributed by atoms with E-state index < -0.39 is 24.1 Å². The third-order valence-corrected chi connectivity index (χ3v) is 8.20. The van der Waals surface area contributed by atoms with Gasteiger partial charge >= 0.3 is 11.9 Å². The lowest BCUT2D eigenvalue weighted by molar-refractivity contribution is -0.889. The molecule has 0 bridgehead atoms. The van der Waals surface area contributed by atoms with Crippen LogP contribution >= 0.6 is 0 Å². The van der Waals surface area contributed by atoms with Crippen LogP contribution in [0.4, 0.5) is 0 Å². The number of carbonyl (C=O) groups excluding carboxylic acids is 3. The van der Waals surface area contributed by atoms with Gasteiger partial charge in [0.25, 0.3) is 0 Å². The van der Waals surface area contributed by atoms with Gasteiger partial charge in [0.1, 0.15) is 12.6 Å². The number of hydrogen-bond acceptors (Lipinski definition) is 7. The van der Waals surface area contributed by atoms with Crippen molar-refractivity contribution >= 4 is 17.9 Å². The van der Waals surface area contributed by atoms with E-state index in [-0.39, 0.29) is 43.1 Å². The Morgan fingerprint density at radius 1 is 0.620 bits per heavy atom. The molecule has 0 spiro atoms. The molecule has 0 fully saturated rings. The van der Waals surface area contributed by atoms with Gasteiger partial charge in [0.15, 0.2) is 6.10 Å². The number of likely N-dealkylation sites (N-methyl/N-ethyl adjacent to an activating group) is 1. The molecule has 8 nitrogen and oxygen atoms in total. The van der Waals surface area contributed by atoms with E-state index in [1.54, 1.807) is 27.2 Å². The Morgan fingerprint density at radius 2 is 1.10 bits per heavy atom. The first kappa shape index (κ1) is 47.0. The fourth-order valence-electron chi connectivity index (χ4n) is 5.20. The van der Waals surface area contributed by atoms with E-state index in [9.17, 15) is 19.5 Å². The highest BCUT2D eigenvalue weighted by molar-refractivity contribution is 5.71. The average molecular weight is 702 g/mol. The summed E-state index contributed by atoms with van der Waals surface area (Å²) in [5.74, 6) is -1.90. The van der Waals surface area contributed by atoms with E-state index in [1.807, 2.05) is 6.08 Å². The van der Waals surface area contributed by atoms with Crippen molar-refractivity contribution in [3.8, 4) is 0 Å². The van der Waals surface area contributed by atoms with Crippen LogP contribution in [0.15, 0.2) is 60.8 Å². The molecule has 2 atom stereocenters. The van der Waals surface area contributed by atoms with Gasteiger partial charge in [-0.3, -0.25) is 9.59 Å². The molecule has 8 heteroatoms.